The summed E-state index contributed by atoms with van der Waals surface area (Å²) in [4.78, 5) is 14.3. The Labute approximate surface area is 180 Å². The number of fused-ring (bicyclic) bond motifs is 1. The van der Waals surface area contributed by atoms with E-state index in [1.807, 2.05) is 18.2 Å². The fraction of sp³-hybridized carbons (Fsp3) is 0.308. The number of benzene rings is 2. The molecule has 1 aromatic heterocycles. The van der Waals surface area contributed by atoms with Gasteiger partial charge in [-0.05, 0) is 56.0 Å². The van der Waals surface area contributed by atoms with Gasteiger partial charge in [0.2, 0.25) is 5.88 Å². The topological polar surface area (TPSA) is 59.4 Å². The first kappa shape index (κ1) is 24.9. The summed E-state index contributed by atoms with van der Waals surface area (Å²) >= 11 is 0. The molecule has 0 spiro atoms. The first-order valence-corrected chi connectivity index (χ1v) is 10.2. The molecule has 0 radical (unpaired) electrons. The molecule has 0 saturated heterocycles. The number of ether oxygens (including phenoxy) is 1. The number of nitrogens with zero attached hydrogens (tertiary/aromatic N) is 1. The van der Waals surface area contributed by atoms with Crippen LogP contribution in [0.2, 0.25) is 0 Å². The molecule has 0 bridgehead atoms. The smallest absolute Gasteiger partial charge is 0.331 e. The molecule has 3 rings (SSSR count). The molecule has 1 N–H and O–H groups in total. The predicted octanol–water partition coefficient (Wildman–Crippen LogP) is 6.48. The van der Waals surface area contributed by atoms with Crippen molar-refractivity contribution >= 4 is 16.7 Å². The van der Waals surface area contributed by atoms with E-state index >= 15 is 0 Å². The molecule has 0 unspecified atom stereocenters. The molecule has 0 aliphatic carbocycles. The summed E-state index contributed by atoms with van der Waals surface area (Å²) in [5.74, 6) is -0.135. The summed E-state index contributed by atoms with van der Waals surface area (Å²) in [6.07, 6.45) is 2.07. The molecule has 0 saturated carbocycles. The van der Waals surface area contributed by atoms with Crippen LogP contribution in [0.25, 0.3) is 10.8 Å². The molecule has 0 aliphatic rings. The Morgan fingerprint density at radius 3 is 2.07 bits per heavy atom. The minimum Gasteiger partial charge on any atom is -0.481 e. The zero-order valence-corrected chi connectivity index (χ0v) is 18.9. The number of hydrogen-bond donors (Lipinski definition) is 1. The SMILES string of the molecule is CC(C)=C(C)C(=O)O.CCc1cccc(OC)n1.CCc1cccc2ccccc12. The predicted molar refractivity (Wildman–Crippen MR) is 125 cm³/mol. The third-order valence-corrected chi connectivity index (χ3v) is 4.68. The summed E-state index contributed by atoms with van der Waals surface area (Å²) in [5.41, 5.74) is 3.80. The molecule has 30 heavy (non-hydrogen) atoms. The maximum absolute atomic E-state index is 10.1. The number of carboxylic acids is 1. The summed E-state index contributed by atoms with van der Waals surface area (Å²) in [6, 6.07) is 20.8. The van der Waals surface area contributed by atoms with Crippen molar-refractivity contribution in [3.05, 3.63) is 83.1 Å². The van der Waals surface area contributed by atoms with Crippen molar-refractivity contribution in [3.63, 3.8) is 0 Å². The summed E-state index contributed by atoms with van der Waals surface area (Å²) in [7, 11) is 1.63. The number of aryl methyl sites for hydroxylation is 2. The van der Waals surface area contributed by atoms with Gasteiger partial charge in [0.1, 0.15) is 0 Å². The second-order valence-corrected chi connectivity index (χ2v) is 6.95. The van der Waals surface area contributed by atoms with Crippen LogP contribution in [0.1, 0.15) is 45.9 Å². The van der Waals surface area contributed by atoms with Crippen molar-refractivity contribution in [1.82, 2.24) is 4.98 Å². The van der Waals surface area contributed by atoms with Gasteiger partial charge in [-0.15, -0.1) is 0 Å². The minimum atomic E-state index is -0.829. The number of rotatable bonds is 4. The molecule has 0 atom stereocenters. The Balaban J connectivity index is 0.000000231. The Bertz CT molecular complexity index is 948. The normalized spacial score (nSPS) is 9.53. The monoisotopic (exact) mass is 407 g/mol. The van der Waals surface area contributed by atoms with Crippen molar-refractivity contribution < 1.29 is 14.6 Å². The highest BCUT2D eigenvalue weighted by Gasteiger charge is 1.99. The number of aromatic nitrogens is 1. The van der Waals surface area contributed by atoms with E-state index in [-0.39, 0.29) is 0 Å². The number of methoxy groups -OCH3 is 1. The number of hydrogen-bond acceptors (Lipinski definition) is 3. The zero-order chi connectivity index (χ0) is 22.5. The molecular weight excluding hydrogens is 374 g/mol. The van der Waals surface area contributed by atoms with Gasteiger partial charge < -0.3 is 9.84 Å². The van der Waals surface area contributed by atoms with Crippen LogP contribution in [0.4, 0.5) is 0 Å². The average Bonchev–Trinajstić information content (AvgIpc) is 2.78. The van der Waals surface area contributed by atoms with E-state index < -0.39 is 5.97 Å². The summed E-state index contributed by atoms with van der Waals surface area (Å²) < 4.78 is 4.95. The van der Waals surface area contributed by atoms with Crippen LogP contribution in [0, 0.1) is 0 Å². The Kier molecular flexibility index (Phi) is 10.9. The lowest BCUT2D eigenvalue weighted by molar-refractivity contribution is -0.132. The van der Waals surface area contributed by atoms with Crippen molar-refractivity contribution in [2.75, 3.05) is 7.11 Å². The molecular formula is C26H33NO3. The molecule has 2 aromatic carbocycles. The molecule has 0 fully saturated rings. The minimum absolute atomic E-state index is 0.435. The quantitative estimate of drug-likeness (QED) is 0.503. The lowest BCUT2D eigenvalue weighted by Gasteiger charge is -2.02. The van der Waals surface area contributed by atoms with E-state index in [1.54, 1.807) is 27.9 Å². The number of carboxylic acid groups (broad SMARTS) is 1. The number of aliphatic carboxylic acids is 1. The summed E-state index contributed by atoms with van der Waals surface area (Å²) in [5, 5.41) is 11.0. The molecule has 0 aliphatic heterocycles. The highest BCUT2D eigenvalue weighted by atomic mass is 16.5. The number of allylic oxidation sites excluding steroid dienone is 1. The molecule has 3 aromatic rings. The maximum atomic E-state index is 10.1. The van der Waals surface area contributed by atoms with Crippen molar-refractivity contribution in [2.24, 2.45) is 0 Å². The zero-order valence-electron chi connectivity index (χ0n) is 18.9. The van der Waals surface area contributed by atoms with Gasteiger partial charge in [-0.25, -0.2) is 9.78 Å². The lowest BCUT2D eigenvalue weighted by atomic mass is 10.0. The first-order valence-electron chi connectivity index (χ1n) is 10.2. The Morgan fingerprint density at radius 2 is 1.53 bits per heavy atom. The first-order chi connectivity index (χ1) is 14.3. The van der Waals surface area contributed by atoms with Crippen LogP contribution in [0.3, 0.4) is 0 Å². The van der Waals surface area contributed by atoms with Gasteiger partial charge in [-0.1, -0.05) is 68.0 Å². The van der Waals surface area contributed by atoms with Crippen molar-refractivity contribution in [2.45, 2.75) is 47.5 Å². The molecule has 4 heteroatoms. The Hall–Kier alpha value is -3.14. The van der Waals surface area contributed by atoms with Gasteiger partial charge in [0.15, 0.2) is 0 Å². The van der Waals surface area contributed by atoms with Gasteiger partial charge >= 0.3 is 5.97 Å². The summed E-state index contributed by atoms with van der Waals surface area (Å²) in [6.45, 7) is 9.42. The van der Waals surface area contributed by atoms with Crippen LogP contribution in [0.15, 0.2) is 71.8 Å². The van der Waals surface area contributed by atoms with Gasteiger partial charge in [0.25, 0.3) is 0 Å². The van der Waals surface area contributed by atoms with E-state index in [0.29, 0.717) is 11.5 Å². The maximum Gasteiger partial charge on any atom is 0.331 e. The van der Waals surface area contributed by atoms with Gasteiger partial charge in [0.05, 0.1) is 7.11 Å². The molecule has 0 amide bonds. The van der Waals surface area contributed by atoms with E-state index in [4.69, 9.17) is 9.84 Å². The fourth-order valence-electron chi connectivity index (χ4n) is 2.58. The van der Waals surface area contributed by atoms with Crippen LogP contribution >= 0.6 is 0 Å². The third-order valence-electron chi connectivity index (χ3n) is 4.68. The van der Waals surface area contributed by atoms with Crippen LogP contribution in [-0.4, -0.2) is 23.2 Å². The van der Waals surface area contributed by atoms with E-state index in [9.17, 15) is 4.79 Å². The number of pyridine rings is 1. The highest BCUT2D eigenvalue weighted by molar-refractivity contribution is 5.86. The van der Waals surface area contributed by atoms with E-state index in [0.717, 1.165) is 24.1 Å². The third kappa shape index (κ3) is 8.08. The standard InChI is InChI=1S/C12H12.C8H11NO.C6H10O2/c1-2-10-7-5-8-11-6-3-4-9-12(10)11;1-3-7-5-4-6-8(9-7)10-2;1-4(2)5(3)6(7)8/h3-9H,2H2,1H3;4-6H,3H2,1-2H3;1-3H3,(H,7,8). The highest BCUT2D eigenvalue weighted by Crippen LogP contribution is 2.18. The van der Waals surface area contributed by atoms with Crippen molar-refractivity contribution in [1.29, 1.82) is 0 Å². The van der Waals surface area contributed by atoms with Gasteiger partial charge in [-0.3, -0.25) is 0 Å². The number of carbonyl (C=O) groups is 1. The van der Waals surface area contributed by atoms with Crippen LogP contribution in [0.5, 0.6) is 5.88 Å². The van der Waals surface area contributed by atoms with Crippen molar-refractivity contribution in [3.8, 4) is 5.88 Å². The molecule has 160 valence electrons. The van der Waals surface area contributed by atoms with Gasteiger partial charge in [-0.2, -0.15) is 0 Å². The Morgan fingerprint density at radius 1 is 0.900 bits per heavy atom. The fourth-order valence-corrected chi connectivity index (χ4v) is 2.58. The van der Waals surface area contributed by atoms with Crippen LogP contribution in [-0.2, 0) is 17.6 Å². The lowest BCUT2D eigenvalue weighted by Crippen LogP contribution is -1.97. The second kappa shape index (κ2) is 13.2. The molecule has 1 heterocycles. The largest absolute Gasteiger partial charge is 0.481 e. The average molecular weight is 408 g/mol. The van der Waals surface area contributed by atoms with E-state index in [2.05, 4.69) is 61.3 Å². The second-order valence-electron chi connectivity index (χ2n) is 6.95. The van der Waals surface area contributed by atoms with Crippen LogP contribution < -0.4 is 4.74 Å². The van der Waals surface area contributed by atoms with E-state index in [1.165, 1.54) is 16.3 Å². The molecule has 4 nitrogen and oxygen atoms in total. The van der Waals surface area contributed by atoms with Gasteiger partial charge in [0, 0.05) is 17.3 Å².